The number of nitrogens with zero attached hydrogens (tertiary/aromatic N) is 1. The van der Waals surface area contributed by atoms with Gasteiger partial charge in [-0.15, -0.1) is 0 Å². The van der Waals surface area contributed by atoms with Crippen LogP contribution in [0, 0.1) is 5.82 Å². The van der Waals surface area contributed by atoms with Gasteiger partial charge >= 0.3 is 0 Å². The Labute approximate surface area is 180 Å². The Balaban J connectivity index is 2.46. The molecule has 2 rings (SSSR count). The lowest BCUT2D eigenvalue weighted by molar-refractivity contribution is 0.555. The van der Waals surface area contributed by atoms with Crippen LogP contribution in [0.15, 0.2) is 47.4 Å². The molecule has 0 saturated carbocycles. The second-order valence-electron chi connectivity index (χ2n) is 6.36. The van der Waals surface area contributed by atoms with Gasteiger partial charge in [0.25, 0.3) is 10.0 Å². The Kier molecular flexibility index (Phi) is 7.92. The first-order valence-corrected chi connectivity index (χ1v) is 12.5. The third kappa shape index (κ3) is 6.05. The molecule has 0 spiro atoms. The maximum Gasteiger partial charge on any atom is 0.264 e. The summed E-state index contributed by atoms with van der Waals surface area (Å²) in [4.78, 5) is -0.0732. The SMILES string of the molecule is CNS(=O)(=O)CCC[C@@H](C)N(c1cc(Cl)ccc1F)S(=O)(=O)c1ccc(Cl)cc1. The summed E-state index contributed by atoms with van der Waals surface area (Å²) >= 11 is 11.8. The van der Waals surface area contributed by atoms with Crippen molar-refractivity contribution >= 4 is 48.9 Å². The van der Waals surface area contributed by atoms with Crippen molar-refractivity contribution in [2.24, 2.45) is 0 Å². The van der Waals surface area contributed by atoms with E-state index in [0.717, 1.165) is 10.4 Å². The van der Waals surface area contributed by atoms with Gasteiger partial charge in [0.15, 0.2) is 0 Å². The molecule has 0 fully saturated rings. The highest BCUT2D eigenvalue weighted by molar-refractivity contribution is 7.92. The number of benzene rings is 2. The van der Waals surface area contributed by atoms with Crippen LogP contribution in [0.2, 0.25) is 10.0 Å². The predicted octanol–water partition coefficient (Wildman–Crippen LogP) is 4.05. The number of halogens is 3. The average molecular weight is 483 g/mol. The maximum absolute atomic E-state index is 14.6. The molecule has 160 valence electrons. The number of sulfonamides is 2. The molecule has 0 aliphatic heterocycles. The van der Waals surface area contributed by atoms with Crippen molar-refractivity contribution < 1.29 is 21.2 Å². The third-order valence-electron chi connectivity index (χ3n) is 4.26. The minimum atomic E-state index is -4.17. The molecule has 0 saturated heterocycles. The van der Waals surface area contributed by atoms with Crippen LogP contribution in [0.25, 0.3) is 0 Å². The van der Waals surface area contributed by atoms with Crippen LogP contribution in [0.5, 0.6) is 0 Å². The van der Waals surface area contributed by atoms with Gasteiger partial charge in [-0.05, 0) is 69.3 Å². The maximum atomic E-state index is 14.6. The van der Waals surface area contributed by atoms with E-state index in [1.807, 2.05) is 0 Å². The highest BCUT2D eigenvalue weighted by atomic mass is 35.5. The van der Waals surface area contributed by atoms with E-state index in [0.29, 0.717) is 5.02 Å². The Bertz CT molecular complexity index is 1060. The standard InChI is InChI=1S/C18H21Cl2FN2O4S2/c1-13(4-3-11-28(24,25)22-2)23(18-12-15(20)7-10-17(18)21)29(26,27)16-8-5-14(19)6-9-16/h5-10,12-13,22H,3-4,11H2,1-2H3/t13-/m1/s1. The molecule has 0 radical (unpaired) electrons. The van der Waals surface area contributed by atoms with Gasteiger partial charge in [0.1, 0.15) is 5.82 Å². The Morgan fingerprint density at radius 2 is 1.62 bits per heavy atom. The number of hydrogen-bond donors (Lipinski definition) is 1. The van der Waals surface area contributed by atoms with Gasteiger partial charge in [-0.25, -0.2) is 25.9 Å². The molecule has 0 amide bonds. The van der Waals surface area contributed by atoms with Crippen molar-refractivity contribution in [2.75, 3.05) is 17.1 Å². The van der Waals surface area contributed by atoms with Crippen molar-refractivity contribution in [1.82, 2.24) is 4.72 Å². The fourth-order valence-corrected chi connectivity index (χ4v) is 5.50. The quantitative estimate of drug-likeness (QED) is 0.584. The summed E-state index contributed by atoms with van der Waals surface area (Å²) in [6.07, 6.45) is 0.360. The first-order valence-electron chi connectivity index (χ1n) is 8.64. The molecule has 6 nitrogen and oxygen atoms in total. The zero-order chi connectivity index (χ0) is 21.8. The van der Waals surface area contributed by atoms with Crippen LogP contribution in [0.3, 0.4) is 0 Å². The highest BCUT2D eigenvalue weighted by Gasteiger charge is 2.31. The fourth-order valence-electron chi connectivity index (χ4n) is 2.77. The number of rotatable bonds is 9. The van der Waals surface area contributed by atoms with Gasteiger partial charge in [0, 0.05) is 16.1 Å². The van der Waals surface area contributed by atoms with E-state index in [9.17, 15) is 21.2 Å². The summed E-state index contributed by atoms with van der Waals surface area (Å²) in [7, 11) is -6.31. The second-order valence-corrected chi connectivity index (χ2v) is 11.1. The predicted molar refractivity (Wildman–Crippen MR) is 114 cm³/mol. The van der Waals surface area contributed by atoms with Gasteiger partial charge < -0.3 is 0 Å². The van der Waals surface area contributed by atoms with Gasteiger partial charge in [-0.2, -0.15) is 0 Å². The van der Waals surface area contributed by atoms with E-state index in [2.05, 4.69) is 4.72 Å². The first kappa shape index (κ1) is 23.9. The number of nitrogens with one attached hydrogen (secondary N) is 1. The topological polar surface area (TPSA) is 83.6 Å². The lowest BCUT2D eigenvalue weighted by atomic mass is 10.2. The van der Waals surface area contributed by atoms with E-state index < -0.39 is 31.9 Å². The van der Waals surface area contributed by atoms with E-state index in [-0.39, 0.29) is 34.2 Å². The Morgan fingerprint density at radius 1 is 1.03 bits per heavy atom. The van der Waals surface area contributed by atoms with Crippen molar-refractivity contribution in [2.45, 2.75) is 30.7 Å². The molecule has 11 heteroatoms. The summed E-state index contributed by atoms with van der Waals surface area (Å²) in [5, 5.41) is 0.525. The summed E-state index contributed by atoms with van der Waals surface area (Å²) in [6.45, 7) is 1.58. The molecular formula is C18H21Cl2FN2O4S2. The molecule has 0 heterocycles. The highest BCUT2D eigenvalue weighted by Crippen LogP contribution is 2.32. The van der Waals surface area contributed by atoms with Crippen molar-refractivity contribution in [3.8, 4) is 0 Å². The molecule has 2 aromatic carbocycles. The Morgan fingerprint density at radius 3 is 2.21 bits per heavy atom. The Hall–Kier alpha value is -1.39. The summed E-state index contributed by atoms with van der Waals surface area (Å²) < 4.78 is 67.6. The minimum absolute atomic E-state index is 0.0732. The zero-order valence-corrected chi connectivity index (χ0v) is 18.9. The molecular weight excluding hydrogens is 462 g/mol. The first-order chi connectivity index (χ1) is 13.5. The normalized spacial score (nSPS) is 13.3. The van der Waals surface area contributed by atoms with Gasteiger partial charge in [-0.3, -0.25) is 4.31 Å². The largest absolute Gasteiger partial charge is 0.264 e. The minimum Gasteiger partial charge on any atom is -0.261 e. The van der Waals surface area contributed by atoms with Crippen molar-refractivity contribution in [3.05, 3.63) is 58.3 Å². The molecule has 0 bridgehead atoms. The van der Waals surface area contributed by atoms with Crippen LogP contribution in [-0.2, 0) is 20.0 Å². The average Bonchev–Trinajstić information content (AvgIpc) is 2.65. The van der Waals surface area contributed by atoms with Crippen LogP contribution in [0.1, 0.15) is 19.8 Å². The van der Waals surface area contributed by atoms with Crippen LogP contribution in [-0.4, -0.2) is 35.7 Å². The monoisotopic (exact) mass is 482 g/mol. The lowest BCUT2D eigenvalue weighted by Gasteiger charge is -2.31. The molecule has 1 N–H and O–H groups in total. The van der Waals surface area contributed by atoms with E-state index in [1.165, 1.54) is 43.4 Å². The smallest absolute Gasteiger partial charge is 0.261 e. The van der Waals surface area contributed by atoms with Crippen LogP contribution < -0.4 is 9.03 Å². The molecule has 1 atom stereocenters. The molecule has 0 aromatic heterocycles. The summed E-state index contributed by atoms with van der Waals surface area (Å²) in [5.41, 5.74) is -0.212. The lowest BCUT2D eigenvalue weighted by Crippen LogP contribution is -2.39. The number of hydrogen-bond acceptors (Lipinski definition) is 4. The molecule has 29 heavy (non-hydrogen) atoms. The molecule has 0 aliphatic carbocycles. The third-order valence-corrected chi connectivity index (χ3v) is 8.14. The van der Waals surface area contributed by atoms with Crippen LogP contribution in [0.4, 0.5) is 10.1 Å². The van der Waals surface area contributed by atoms with Gasteiger partial charge in [-0.1, -0.05) is 23.2 Å². The molecule has 0 aliphatic rings. The summed E-state index contributed by atoms with van der Waals surface area (Å²) in [5.74, 6) is -0.942. The number of anilines is 1. The van der Waals surface area contributed by atoms with Crippen molar-refractivity contribution in [3.63, 3.8) is 0 Å². The van der Waals surface area contributed by atoms with E-state index in [4.69, 9.17) is 23.2 Å². The van der Waals surface area contributed by atoms with Crippen LogP contribution >= 0.6 is 23.2 Å². The van der Waals surface area contributed by atoms with E-state index >= 15 is 0 Å². The zero-order valence-electron chi connectivity index (χ0n) is 15.8. The van der Waals surface area contributed by atoms with E-state index in [1.54, 1.807) is 6.92 Å². The summed E-state index contributed by atoms with van der Waals surface area (Å²) in [6, 6.07) is 8.38. The van der Waals surface area contributed by atoms with Gasteiger partial charge in [0.05, 0.1) is 16.3 Å². The molecule has 0 unspecified atom stereocenters. The second kappa shape index (κ2) is 9.61. The molecule has 2 aromatic rings. The van der Waals surface area contributed by atoms with Gasteiger partial charge in [0.2, 0.25) is 10.0 Å². The van der Waals surface area contributed by atoms with Crippen molar-refractivity contribution in [1.29, 1.82) is 0 Å². The fraction of sp³-hybridized carbons (Fsp3) is 0.333.